The highest BCUT2D eigenvalue weighted by Gasteiger charge is 2.21. The fraction of sp³-hybridized carbons (Fsp3) is 0.389. The van der Waals surface area contributed by atoms with Crippen molar-refractivity contribution >= 4 is 11.8 Å². The van der Waals surface area contributed by atoms with Crippen LogP contribution in [0.5, 0.6) is 0 Å². The fourth-order valence-corrected chi connectivity index (χ4v) is 2.48. The lowest BCUT2D eigenvalue weighted by molar-refractivity contribution is -0.122. The van der Waals surface area contributed by atoms with Crippen molar-refractivity contribution in [3.8, 4) is 5.69 Å². The molecule has 2 amide bonds. The molecular weight excluding hydrogens is 304 g/mol. The van der Waals surface area contributed by atoms with Gasteiger partial charge in [0, 0.05) is 6.42 Å². The number of para-hydroxylation sites is 1. The third-order valence-corrected chi connectivity index (χ3v) is 3.51. The number of nitrogens with zero attached hydrogens (tertiary/aromatic N) is 2. The molecule has 24 heavy (non-hydrogen) atoms. The lowest BCUT2D eigenvalue weighted by Crippen LogP contribution is -2.42. The smallest absolute Gasteiger partial charge is 0.273 e. The number of aromatic nitrogens is 2. The topological polar surface area (TPSA) is 76.0 Å². The van der Waals surface area contributed by atoms with Crippen LogP contribution in [0.25, 0.3) is 5.69 Å². The molecule has 128 valence electrons. The third-order valence-electron chi connectivity index (χ3n) is 3.51. The number of hydrazine groups is 1. The quantitative estimate of drug-likeness (QED) is 0.829. The summed E-state index contributed by atoms with van der Waals surface area (Å²) >= 11 is 0. The zero-order chi connectivity index (χ0) is 17.7. The van der Waals surface area contributed by atoms with Crippen molar-refractivity contribution in [1.82, 2.24) is 20.6 Å². The molecule has 1 aromatic heterocycles. The van der Waals surface area contributed by atoms with Crippen molar-refractivity contribution in [1.29, 1.82) is 0 Å². The van der Waals surface area contributed by atoms with Gasteiger partial charge in [-0.05, 0) is 24.0 Å². The van der Waals surface area contributed by atoms with Crippen LogP contribution in [0, 0.1) is 5.92 Å². The van der Waals surface area contributed by atoms with Crippen LogP contribution < -0.4 is 10.9 Å². The molecule has 0 saturated carbocycles. The molecule has 2 N–H and O–H groups in total. The number of hydrogen-bond acceptors (Lipinski definition) is 3. The number of carbonyl (C=O) groups excluding carboxylic acids is 2. The molecule has 0 aliphatic carbocycles. The second-order valence-electron chi connectivity index (χ2n) is 6.45. The summed E-state index contributed by atoms with van der Waals surface area (Å²) in [6.45, 7) is 7.90. The van der Waals surface area contributed by atoms with E-state index < -0.39 is 0 Å². The highest BCUT2D eigenvalue weighted by atomic mass is 16.2. The van der Waals surface area contributed by atoms with Gasteiger partial charge < -0.3 is 0 Å². The lowest BCUT2D eigenvalue weighted by atomic mass is 10.1. The molecule has 0 aliphatic heterocycles. The Kier molecular flexibility index (Phi) is 5.73. The zero-order valence-corrected chi connectivity index (χ0v) is 14.5. The third kappa shape index (κ3) is 4.22. The molecule has 0 aliphatic rings. The van der Waals surface area contributed by atoms with Gasteiger partial charge in [-0.2, -0.15) is 5.10 Å². The second kappa shape index (κ2) is 7.77. The summed E-state index contributed by atoms with van der Waals surface area (Å²) in [5, 5.41) is 4.35. The van der Waals surface area contributed by atoms with E-state index in [2.05, 4.69) is 16.0 Å². The van der Waals surface area contributed by atoms with Crippen LogP contribution in [0.2, 0.25) is 0 Å². The highest BCUT2D eigenvalue weighted by Crippen LogP contribution is 2.22. The molecule has 2 aromatic rings. The zero-order valence-electron chi connectivity index (χ0n) is 14.5. The van der Waals surface area contributed by atoms with Crippen molar-refractivity contribution in [3.63, 3.8) is 0 Å². The van der Waals surface area contributed by atoms with Crippen LogP contribution in [-0.4, -0.2) is 21.6 Å². The first-order valence-electron chi connectivity index (χ1n) is 8.12. The van der Waals surface area contributed by atoms with Gasteiger partial charge in [-0.15, -0.1) is 0 Å². The molecule has 0 unspecified atom stereocenters. The van der Waals surface area contributed by atoms with Crippen molar-refractivity contribution in [2.45, 2.75) is 40.0 Å². The molecule has 1 aromatic carbocycles. The number of hydrogen-bond donors (Lipinski definition) is 2. The Morgan fingerprint density at radius 2 is 1.75 bits per heavy atom. The molecule has 0 atom stereocenters. The minimum atomic E-state index is -0.363. The van der Waals surface area contributed by atoms with Gasteiger partial charge in [0.1, 0.15) is 0 Å². The van der Waals surface area contributed by atoms with Crippen molar-refractivity contribution in [3.05, 3.63) is 47.8 Å². The van der Waals surface area contributed by atoms with Crippen LogP contribution in [0.1, 0.15) is 56.1 Å². The van der Waals surface area contributed by atoms with Gasteiger partial charge >= 0.3 is 0 Å². The summed E-state index contributed by atoms with van der Waals surface area (Å²) in [5.41, 5.74) is 7.08. The molecular formula is C18H24N4O2. The van der Waals surface area contributed by atoms with Gasteiger partial charge in [0.15, 0.2) is 0 Å². The van der Waals surface area contributed by atoms with Crippen molar-refractivity contribution in [2.75, 3.05) is 0 Å². The van der Waals surface area contributed by atoms with Crippen molar-refractivity contribution in [2.24, 2.45) is 5.92 Å². The second-order valence-corrected chi connectivity index (χ2v) is 6.45. The van der Waals surface area contributed by atoms with E-state index in [9.17, 15) is 9.59 Å². The molecule has 0 spiro atoms. The molecule has 2 rings (SSSR count). The van der Waals surface area contributed by atoms with Crippen LogP contribution >= 0.6 is 0 Å². The predicted octanol–water partition coefficient (Wildman–Crippen LogP) is 2.80. The van der Waals surface area contributed by atoms with E-state index >= 15 is 0 Å². The van der Waals surface area contributed by atoms with E-state index in [0.717, 1.165) is 11.4 Å². The number of rotatable bonds is 5. The van der Waals surface area contributed by atoms with Gasteiger partial charge in [0.05, 0.1) is 23.1 Å². The average Bonchev–Trinajstić information content (AvgIpc) is 2.98. The molecule has 0 fully saturated rings. The normalized spacial score (nSPS) is 10.9. The minimum Gasteiger partial charge on any atom is -0.273 e. The summed E-state index contributed by atoms with van der Waals surface area (Å²) < 4.78 is 1.76. The molecule has 0 bridgehead atoms. The summed E-state index contributed by atoms with van der Waals surface area (Å²) in [6, 6.07) is 9.65. The van der Waals surface area contributed by atoms with Gasteiger partial charge in [-0.1, -0.05) is 45.9 Å². The largest absolute Gasteiger partial charge is 0.273 e. The van der Waals surface area contributed by atoms with E-state index in [1.165, 1.54) is 6.20 Å². The Balaban J connectivity index is 2.20. The fourth-order valence-electron chi connectivity index (χ4n) is 2.48. The summed E-state index contributed by atoms with van der Waals surface area (Å²) in [6.07, 6.45) is 1.90. The summed E-state index contributed by atoms with van der Waals surface area (Å²) in [7, 11) is 0. The highest BCUT2D eigenvalue weighted by molar-refractivity contribution is 5.96. The van der Waals surface area contributed by atoms with Crippen LogP contribution in [-0.2, 0) is 4.79 Å². The molecule has 0 radical (unpaired) electrons. The summed E-state index contributed by atoms with van der Waals surface area (Å²) in [4.78, 5) is 24.1. The number of carbonyl (C=O) groups is 2. The van der Waals surface area contributed by atoms with E-state index in [1.54, 1.807) is 4.68 Å². The predicted molar refractivity (Wildman–Crippen MR) is 92.7 cm³/mol. The van der Waals surface area contributed by atoms with Crippen LogP contribution in [0.4, 0.5) is 0 Å². The number of nitrogens with one attached hydrogen (secondary N) is 2. The van der Waals surface area contributed by atoms with Gasteiger partial charge in [0.2, 0.25) is 5.91 Å². The van der Waals surface area contributed by atoms with Gasteiger partial charge in [0.25, 0.3) is 5.91 Å². The number of amides is 2. The van der Waals surface area contributed by atoms with Gasteiger partial charge in [-0.3, -0.25) is 20.4 Å². The molecule has 1 heterocycles. The van der Waals surface area contributed by atoms with Gasteiger partial charge in [-0.25, -0.2) is 4.68 Å². The first kappa shape index (κ1) is 17.7. The van der Waals surface area contributed by atoms with E-state index in [4.69, 9.17) is 0 Å². The first-order valence-corrected chi connectivity index (χ1v) is 8.12. The van der Waals surface area contributed by atoms with E-state index in [-0.39, 0.29) is 23.7 Å². The summed E-state index contributed by atoms with van der Waals surface area (Å²) in [5.74, 6) is -0.244. The SMILES string of the molecule is CC(C)CC(=O)NNC(=O)c1cnn(-c2ccccc2)c1C(C)C. The van der Waals surface area contributed by atoms with E-state index in [1.807, 2.05) is 58.0 Å². The molecule has 6 nitrogen and oxygen atoms in total. The Hall–Kier alpha value is -2.63. The monoisotopic (exact) mass is 328 g/mol. The Morgan fingerprint density at radius 3 is 2.33 bits per heavy atom. The van der Waals surface area contributed by atoms with E-state index in [0.29, 0.717) is 12.0 Å². The standard InChI is InChI=1S/C18H24N4O2/c1-12(2)10-16(23)20-21-18(24)15-11-19-22(17(15)13(3)4)14-8-6-5-7-9-14/h5-9,11-13H,10H2,1-4H3,(H,20,23)(H,21,24). The maximum absolute atomic E-state index is 12.4. The lowest BCUT2D eigenvalue weighted by Gasteiger charge is -2.13. The first-order chi connectivity index (χ1) is 11.4. The molecule has 0 saturated heterocycles. The van der Waals surface area contributed by atoms with Crippen LogP contribution in [0.15, 0.2) is 36.5 Å². The van der Waals surface area contributed by atoms with Crippen molar-refractivity contribution < 1.29 is 9.59 Å². The maximum Gasteiger partial charge on any atom is 0.273 e. The average molecular weight is 328 g/mol. The Bertz CT molecular complexity index is 705. The minimum absolute atomic E-state index is 0.0971. The number of benzene rings is 1. The molecule has 6 heteroatoms. The maximum atomic E-state index is 12.4. The Labute approximate surface area is 142 Å². The van der Waals surface area contributed by atoms with Crippen LogP contribution in [0.3, 0.4) is 0 Å². The Morgan fingerprint density at radius 1 is 1.08 bits per heavy atom.